The van der Waals surface area contributed by atoms with Gasteiger partial charge in [-0.05, 0) is 42.5 Å². The van der Waals surface area contributed by atoms with Gasteiger partial charge in [-0.15, -0.1) is 0 Å². The number of hydrogen-bond donors (Lipinski definition) is 1. The highest BCUT2D eigenvalue weighted by Crippen LogP contribution is 2.30. The second-order valence-electron chi connectivity index (χ2n) is 9.33. The Morgan fingerprint density at radius 2 is 1.78 bits per heavy atom. The topological polar surface area (TPSA) is 96.0 Å². The zero-order chi connectivity index (χ0) is 27.6. The number of amides is 2. The van der Waals surface area contributed by atoms with Gasteiger partial charge in [0.2, 0.25) is 21.8 Å². The van der Waals surface area contributed by atoms with Crippen LogP contribution in [0, 0.1) is 5.92 Å². The standard InChI is InChI=1S/C27H38ClN3O5S/c1-6-24(27(33)29-18-20(2)3)30(19-21-11-8-7-9-12-21)26(32)13-10-16-31(37(5,34)35)22-14-15-25(36-4)23(28)17-22/h7-9,11-12,14-15,17,20,24H,6,10,13,16,18-19H2,1-5H3,(H,29,33)/t24-/m0/s1. The molecule has 2 aromatic carbocycles. The van der Waals surface area contributed by atoms with Gasteiger partial charge in [0.1, 0.15) is 11.8 Å². The average molecular weight is 552 g/mol. The SMILES string of the molecule is CC[C@@H](C(=O)NCC(C)C)N(Cc1ccccc1)C(=O)CCCN(c1ccc(OC)c(Cl)c1)S(C)(=O)=O. The first kappa shape index (κ1) is 30.4. The summed E-state index contributed by atoms with van der Waals surface area (Å²) in [5, 5.41) is 3.23. The van der Waals surface area contributed by atoms with Gasteiger partial charge in [0.05, 0.1) is 24.1 Å². The number of halogens is 1. The van der Waals surface area contributed by atoms with Gasteiger partial charge >= 0.3 is 0 Å². The predicted molar refractivity (Wildman–Crippen MR) is 148 cm³/mol. The average Bonchev–Trinajstić information content (AvgIpc) is 2.84. The van der Waals surface area contributed by atoms with E-state index in [2.05, 4.69) is 5.32 Å². The predicted octanol–water partition coefficient (Wildman–Crippen LogP) is 4.47. The lowest BCUT2D eigenvalue weighted by atomic mass is 10.1. The van der Waals surface area contributed by atoms with E-state index in [4.69, 9.17) is 16.3 Å². The van der Waals surface area contributed by atoms with E-state index < -0.39 is 16.1 Å². The Labute approximate surface area is 226 Å². The summed E-state index contributed by atoms with van der Waals surface area (Å²) in [7, 11) is -2.15. The summed E-state index contributed by atoms with van der Waals surface area (Å²) < 4.78 is 31.4. The number of ether oxygens (including phenoxy) is 1. The fourth-order valence-corrected chi connectivity index (χ4v) is 5.15. The van der Waals surface area contributed by atoms with Crippen molar-refractivity contribution in [2.75, 3.05) is 30.8 Å². The van der Waals surface area contributed by atoms with E-state index >= 15 is 0 Å². The quantitative estimate of drug-likeness (QED) is 0.373. The zero-order valence-corrected chi connectivity index (χ0v) is 23.8. The number of carbonyl (C=O) groups is 2. The summed E-state index contributed by atoms with van der Waals surface area (Å²) in [4.78, 5) is 28.0. The third-order valence-electron chi connectivity index (χ3n) is 5.84. The van der Waals surface area contributed by atoms with E-state index in [-0.39, 0.29) is 48.7 Å². The summed E-state index contributed by atoms with van der Waals surface area (Å²) in [6.07, 6.45) is 1.92. The highest BCUT2D eigenvalue weighted by Gasteiger charge is 2.29. The molecule has 204 valence electrons. The molecule has 10 heteroatoms. The fraction of sp³-hybridized carbons (Fsp3) is 0.481. The molecule has 0 spiro atoms. The zero-order valence-electron chi connectivity index (χ0n) is 22.2. The third-order valence-corrected chi connectivity index (χ3v) is 7.33. The van der Waals surface area contributed by atoms with E-state index in [1.807, 2.05) is 51.1 Å². The fourth-order valence-electron chi connectivity index (χ4n) is 3.94. The number of sulfonamides is 1. The molecule has 2 amide bonds. The minimum atomic E-state index is -3.63. The van der Waals surface area contributed by atoms with Crippen molar-refractivity contribution in [1.82, 2.24) is 10.2 Å². The molecule has 2 aromatic rings. The number of rotatable bonds is 14. The van der Waals surface area contributed by atoms with Crippen LogP contribution in [0.3, 0.4) is 0 Å². The van der Waals surface area contributed by atoms with Crippen LogP contribution in [0.15, 0.2) is 48.5 Å². The first-order valence-corrected chi connectivity index (χ1v) is 14.6. The van der Waals surface area contributed by atoms with Crippen molar-refractivity contribution in [3.8, 4) is 5.75 Å². The molecule has 0 heterocycles. The molecule has 0 radical (unpaired) electrons. The first-order valence-electron chi connectivity index (χ1n) is 12.4. The van der Waals surface area contributed by atoms with Crippen molar-refractivity contribution in [1.29, 1.82) is 0 Å². The maximum atomic E-state index is 13.4. The monoisotopic (exact) mass is 551 g/mol. The van der Waals surface area contributed by atoms with E-state index in [9.17, 15) is 18.0 Å². The molecule has 8 nitrogen and oxygen atoms in total. The van der Waals surface area contributed by atoms with Crippen molar-refractivity contribution in [2.24, 2.45) is 5.92 Å². The summed E-state index contributed by atoms with van der Waals surface area (Å²) >= 11 is 6.21. The molecule has 0 aliphatic heterocycles. The van der Waals surface area contributed by atoms with Crippen molar-refractivity contribution in [3.05, 3.63) is 59.1 Å². The Hall–Kier alpha value is -2.78. The van der Waals surface area contributed by atoms with Crippen LogP contribution in [-0.4, -0.2) is 57.6 Å². The molecule has 0 aliphatic rings. The molecular weight excluding hydrogens is 514 g/mol. The summed E-state index contributed by atoms with van der Waals surface area (Å²) in [6, 6.07) is 13.6. The lowest BCUT2D eigenvalue weighted by Crippen LogP contribution is -2.49. The molecule has 37 heavy (non-hydrogen) atoms. The van der Waals surface area contributed by atoms with Crippen molar-refractivity contribution in [3.63, 3.8) is 0 Å². The minimum absolute atomic E-state index is 0.0801. The Balaban J connectivity index is 2.20. The van der Waals surface area contributed by atoms with Crippen LogP contribution in [0.2, 0.25) is 5.02 Å². The van der Waals surface area contributed by atoms with Gasteiger partial charge in [-0.2, -0.15) is 0 Å². The van der Waals surface area contributed by atoms with Gasteiger partial charge in [0.25, 0.3) is 0 Å². The molecule has 0 bridgehead atoms. The lowest BCUT2D eigenvalue weighted by Gasteiger charge is -2.31. The summed E-state index contributed by atoms with van der Waals surface area (Å²) in [6.45, 7) is 6.80. The molecule has 2 rings (SSSR count). The van der Waals surface area contributed by atoms with Crippen LogP contribution in [0.4, 0.5) is 5.69 Å². The maximum absolute atomic E-state index is 13.4. The van der Waals surface area contributed by atoms with Crippen LogP contribution in [0.5, 0.6) is 5.75 Å². The van der Waals surface area contributed by atoms with Crippen LogP contribution in [0.25, 0.3) is 0 Å². The normalized spacial score (nSPS) is 12.2. The van der Waals surface area contributed by atoms with Crippen LogP contribution in [0.1, 0.15) is 45.6 Å². The van der Waals surface area contributed by atoms with Crippen molar-refractivity contribution < 1.29 is 22.7 Å². The maximum Gasteiger partial charge on any atom is 0.242 e. The molecule has 0 saturated heterocycles. The molecule has 0 fully saturated rings. The Morgan fingerprint density at radius 1 is 1.11 bits per heavy atom. The van der Waals surface area contributed by atoms with Crippen molar-refractivity contribution in [2.45, 2.75) is 52.6 Å². The summed E-state index contributed by atoms with van der Waals surface area (Å²) in [5.41, 5.74) is 1.30. The third kappa shape index (κ3) is 9.23. The number of hydrogen-bond acceptors (Lipinski definition) is 5. The second-order valence-corrected chi connectivity index (χ2v) is 11.6. The number of methoxy groups -OCH3 is 1. The van der Waals surface area contributed by atoms with Gasteiger partial charge in [-0.1, -0.05) is 62.7 Å². The van der Waals surface area contributed by atoms with E-state index in [0.29, 0.717) is 24.4 Å². The molecule has 1 N–H and O–H groups in total. The minimum Gasteiger partial charge on any atom is -0.495 e. The molecule has 0 aliphatic carbocycles. The number of anilines is 1. The Kier molecular flexibility index (Phi) is 11.7. The van der Waals surface area contributed by atoms with Gasteiger partial charge in [0.15, 0.2) is 0 Å². The Bertz CT molecular complexity index is 1140. The summed E-state index contributed by atoms with van der Waals surface area (Å²) in [5.74, 6) is 0.322. The van der Waals surface area contributed by atoms with Gasteiger partial charge in [-0.25, -0.2) is 8.42 Å². The molecular formula is C27H38ClN3O5S. The first-order chi connectivity index (χ1) is 17.5. The highest BCUT2D eigenvalue weighted by molar-refractivity contribution is 7.92. The number of carbonyl (C=O) groups excluding carboxylic acids is 2. The molecule has 0 aromatic heterocycles. The van der Waals surface area contributed by atoms with E-state index in [1.165, 1.54) is 17.5 Å². The molecule has 0 unspecified atom stereocenters. The molecule has 0 saturated carbocycles. The van der Waals surface area contributed by atoms with Gasteiger partial charge in [-0.3, -0.25) is 13.9 Å². The van der Waals surface area contributed by atoms with E-state index in [0.717, 1.165) is 11.8 Å². The molecule has 1 atom stereocenters. The van der Waals surface area contributed by atoms with Gasteiger partial charge in [0, 0.05) is 26.1 Å². The lowest BCUT2D eigenvalue weighted by molar-refractivity contribution is -0.141. The van der Waals surface area contributed by atoms with Crippen LogP contribution < -0.4 is 14.4 Å². The highest BCUT2D eigenvalue weighted by atomic mass is 35.5. The van der Waals surface area contributed by atoms with Gasteiger partial charge < -0.3 is 15.0 Å². The van der Waals surface area contributed by atoms with E-state index in [1.54, 1.807) is 17.0 Å². The number of nitrogens with one attached hydrogen (secondary N) is 1. The second kappa shape index (κ2) is 14.2. The Morgan fingerprint density at radius 3 is 2.32 bits per heavy atom. The van der Waals surface area contributed by atoms with Crippen LogP contribution in [-0.2, 0) is 26.2 Å². The smallest absolute Gasteiger partial charge is 0.242 e. The number of nitrogens with zero attached hydrogens (tertiary/aromatic N) is 2. The largest absolute Gasteiger partial charge is 0.495 e. The van der Waals surface area contributed by atoms with Crippen LogP contribution >= 0.6 is 11.6 Å². The number of benzene rings is 2. The van der Waals surface area contributed by atoms with Crippen molar-refractivity contribution >= 4 is 39.1 Å².